The molecule has 0 unspecified atom stereocenters. The standard InChI is InChI=1S/C22H21FN6O/c23-9-16-2-1-3-21(27-16)29-20-8-13(4-5-14(20)10-26-29)18-11-25-12-19(28-18)22(24)15-6-17(30)7-15/h1-5,8,10-12,15,17,22,30H,6-7,9,24H2/t15-,17+,22-/m0/s1. The Morgan fingerprint density at radius 2 is 2.00 bits per heavy atom. The van der Waals surface area contributed by atoms with Crippen LogP contribution in [-0.4, -0.2) is 35.9 Å². The minimum Gasteiger partial charge on any atom is -0.393 e. The van der Waals surface area contributed by atoms with Crippen LogP contribution in [0.2, 0.25) is 0 Å². The third kappa shape index (κ3) is 3.34. The lowest BCUT2D eigenvalue weighted by Crippen LogP contribution is -2.36. The quantitative estimate of drug-likeness (QED) is 0.530. The van der Waals surface area contributed by atoms with Crippen LogP contribution in [0.1, 0.15) is 30.3 Å². The molecule has 0 bridgehead atoms. The van der Waals surface area contributed by atoms with E-state index in [1.807, 2.05) is 18.2 Å². The summed E-state index contributed by atoms with van der Waals surface area (Å²) in [6.45, 7) is -0.626. The van der Waals surface area contributed by atoms with Crippen LogP contribution in [0.5, 0.6) is 0 Å². The summed E-state index contributed by atoms with van der Waals surface area (Å²) >= 11 is 0. The molecule has 1 aromatic carbocycles. The van der Waals surface area contributed by atoms with Crippen LogP contribution in [0.15, 0.2) is 55.0 Å². The fourth-order valence-corrected chi connectivity index (χ4v) is 3.86. The molecule has 3 aromatic heterocycles. The van der Waals surface area contributed by atoms with E-state index in [9.17, 15) is 9.50 Å². The van der Waals surface area contributed by atoms with Crippen molar-refractivity contribution in [3.8, 4) is 17.1 Å². The summed E-state index contributed by atoms with van der Waals surface area (Å²) in [5.41, 5.74) is 9.85. The van der Waals surface area contributed by atoms with Crippen LogP contribution in [0.4, 0.5) is 4.39 Å². The summed E-state index contributed by atoms with van der Waals surface area (Å²) in [6.07, 6.45) is 6.28. The fourth-order valence-electron chi connectivity index (χ4n) is 3.86. The highest BCUT2D eigenvalue weighted by molar-refractivity contribution is 5.84. The van der Waals surface area contributed by atoms with Gasteiger partial charge in [0.15, 0.2) is 5.82 Å². The number of rotatable bonds is 5. The maximum absolute atomic E-state index is 13.0. The first-order valence-corrected chi connectivity index (χ1v) is 9.88. The van der Waals surface area contributed by atoms with E-state index >= 15 is 0 Å². The molecule has 0 amide bonds. The Balaban J connectivity index is 1.52. The van der Waals surface area contributed by atoms with E-state index in [2.05, 4.69) is 15.1 Å². The summed E-state index contributed by atoms with van der Waals surface area (Å²) in [4.78, 5) is 13.4. The third-order valence-corrected chi connectivity index (χ3v) is 5.66. The topological polar surface area (TPSA) is 103 Å². The second kappa shape index (κ2) is 7.55. The number of nitrogens with zero attached hydrogens (tertiary/aromatic N) is 5. The molecule has 3 N–H and O–H groups in total. The molecule has 0 radical (unpaired) electrons. The molecule has 8 heteroatoms. The van der Waals surface area contributed by atoms with E-state index in [-0.39, 0.29) is 18.1 Å². The molecule has 1 aliphatic carbocycles. The van der Waals surface area contributed by atoms with Crippen molar-refractivity contribution in [2.75, 3.05) is 0 Å². The molecule has 4 aromatic rings. The zero-order valence-corrected chi connectivity index (χ0v) is 16.2. The number of aliphatic hydroxyl groups is 1. The van der Waals surface area contributed by atoms with Gasteiger partial charge < -0.3 is 10.8 Å². The highest BCUT2D eigenvalue weighted by Crippen LogP contribution is 2.36. The minimum atomic E-state index is -0.626. The number of fused-ring (bicyclic) bond motifs is 1. The van der Waals surface area contributed by atoms with E-state index in [0.29, 0.717) is 30.0 Å². The van der Waals surface area contributed by atoms with Gasteiger partial charge in [-0.2, -0.15) is 5.10 Å². The Labute approximate surface area is 172 Å². The highest BCUT2D eigenvalue weighted by Gasteiger charge is 2.33. The van der Waals surface area contributed by atoms with Gasteiger partial charge in [-0.05, 0) is 37.0 Å². The third-order valence-electron chi connectivity index (χ3n) is 5.66. The highest BCUT2D eigenvalue weighted by atomic mass is 19.1. The number of hydrogen-bond acceptors (Lipinski definition) is 6. The summed E-state index contributed by atoms with van der Waals surface area (Å²) in [6, 6.07) is 10.9. The number of aromatic nitrogens is 5. The van der Waals surface area contributed by atoms with Crippen LogP contribution in [0.25, 0.3) is 28.0 Å². The Morgan fingerprint density at radius 3 is 2.80 bits per heavy atom. The Bertz CT molecular complexity index is 1200. The predicted molar refractivity (Wildman–Crippen MR) is 110 cm³/mol. The molecule has 7 nitrogen and oxygen atoms in total. The number of nitrogens with two attached hydrogens (primary N) is 1. The fraction of sp³-hybridized carbons (Fsp3) is 0.273. The van der Waals surface area contributed by atoms with Crippen molar-refractivity contribution in [3.05, 3.63) is 66.4 Å². The van der Waals surface area contributed by atoms with E-state index in [4.69, 9.17) is 10.7 Å². The van der Waals surface area contributed by atoms with Crippen molar-refractivity contribution < 1.29 is 9.50 Å². The van der Waals surface area contributed by atoms with Crippen LogP contribution >= 0.6 is 0 Å². The molecule has 0 spiro atoms. The molecule has 0 aliphatic heterocycles. The van der Waals surface area contributed by atoms with Crippen molar-refractivity contribution in [1.82, 2.24) is 24.7 Å². The second-order valence-corrected chi connectivity index (χ2v) is 7.69. The van der Waals surface area contributed by atoms with Gasteiger partial charge in [-0.15, -0.1) is 0 Å². The van der Waals surface area contributed by atoms with Gasteiger partial charge in [-0.3, -0.25) is 4.98 Å². The molecule has 1 fully saturated rings. The van der Waals surface area contributed by atoms with Crippen molar-refractivity contribution in [3.63, 3.8) is 0 Å². The number of pyridine rings is 1. The largest absolute Gasteiger partial charge is 0.393 e. The molecule has 3 heterocycles. The first kappa shape index (κ1) is 18.8. The average molecular weight is 404 g/mol. The van der Waals surface area contributed by atoms with Gasteiger partial charge in [0.25, 0.3) is 0 Å². The zero-order valence-electron chi connectivity index (χ0n) is 16.2. The lowest BCUT2D eigenvalue weighted by atomic mass is 9.76. The maximum atomic E-state index is 13.0. The molecule has 1 aliphatic rings. The average Bonchev–Trinajstić information content (AvgIpc) is 3.20. The molecule has 152 valence electrons. The van der Waals surface area contributed by atoms with Crippen molar-refractivity contribution in [2.24, 2.45) is 11.7 Å². The Hall–Kier alpha value is -3.23. The van der Waals surface area contributed by atoms with Gasteiger partial charge in [-0.1, -0.05) is 18.2 Å². The molecule has 1 saturated carbocycles. The van der Waals surface area contributed by atoms with E-state index in [1.54, 1.807) is 41.5 Å². The number of hydrogen-bond donors (Lipinski definition) is 2. The predicted octanol–water partition coefficient (Wildman–Crippen LogP) is 3.12. The van der Waals surface area contributed by atoms with E-state index in [0.717, 1.165) is 22.2 Å². The summed E-state index contributed by atoms with van der Waals surface area (Å²) in [5, 5.41) is 14.9. The van der Waals surface area contributed by atoms with Gasteiger partial charge in [0.05, 0.1) is 53.3 Å². The molecule has 5 rings (SSSR count). The number of aliphatic hydroxyl groups excluding tert-OH is 1. The molecular formula is C22H21FN6O. The molecule has 0 saturated heterocycles. The zero-order chi connectivity index (χ0) is 20.7. The molecular weight excluding hydrogens is 383 g/mol. The summed E-state index contributed by atoms with van der Waals surface area (Å²) < 4.78 is 14.7. The molecule has 30 heavy (non-hydrogen) atoms. The Morgan fingerprint density at radius 1 is 1.13 bits per heavy atom. The SMILES string of the molecule is N[C@H](c1cncc(-c2ccc3cnn(-c4cccc(CF)n4)c3c2)n1)[C@H]1C[C@@H](O)C1. The van der Waals surface area contributed by atoms with Gasteiger partial charge in [0.1, 0.15) is 6.67 Å². The van der Waals surface area contributed by atoms with Gasteiger partial charge in [0, 0.05) is 10.9 Å². The smallest absolute Gasteiger partial charge is 0.154 e. The minimum absolute atomic E-state index is 0.224. The van der Waals surface area contributed by atoms with Gasteiger partial charge in [-0.25, -0.2) is 19.0 Å². The van der Waals surface area contributed by atoms with E-state index < -0.39 is 6.67 Å². The summed E-state index contributed by atoms with van der Waals surface area (Å²) in [7, 11) is 0. The monoisotopic (exact) mass is 404 g/mol. The number of benzene rings is 1. The Kier molecular flexibility index (Phi) is 4.72. The molecule has 1 atom stereocenters. The van der Waals surface area contributed by atoms with Gasteiger partial charge >= 0.3 is 0 Å². The van der Waals surface area contributed by atoms with Crippen LogP contribution in [0, 0.1) is 5.92 Å². The summed E-state index contributed by atoms with van der Waals surface area (Å²) in [5.74, 6) is 0.782. The number of halogens is 1. The maximum Gasteiger partial charge on any atom is 0.154 e. The van der Waals surface area contributed by atoms with Crippen LogP contribution in [0.3, 0.4) is 0 Å². The van der Waals surface area contributed by atoms with Gasteiger partial charge in [0.2, 0.25) is 0 Å². The number of alkyl halides is 1. The van der Waals surface area contributed by atoms with Crippen LogP contribution < -0.4 is 5.73 Å². The first-order chi connectivity index (χ1) is 14.6. The normalized spacial score (nSPS) is 19.6. The van der Waals surface area contributed by atoms with E-state index in [1.165, 1.54) is 0 Å². The van der Waals surface area contributed by atoms with Crippen molar-refractivity contribution in [1.29, 1.82) is 0 Å². The van der Waals surface area contributed by atoms with Crippen molar-refractivity contribution in [2.45, 2.75) is 31.7 Å². The lowest BCUT2D eigenvalue weighted by molar-refractivity contribution is 0.0301. The first-order valence-electron chi connectivity index (χ1n) is 9.88. The van der Waals surface area contributed by atoms with Crippen LogP contribution in [-0.2, 0) is 6.67 Å². The van der Waals surface area contributed by atoms with Crippen molar-refractivity contribution >= 4 is 10.9 Å². The lowest BCUT2D eigenvalue weighted by Gasteiger charge is -2.35. The second-order valence-electron chi connectivity index (χ2n) is 7.69.